The first-order valence-corrected chi connectivity index (χ1v) is 7.28. The van der Waals surface area contributed by atoms with E-state index in [1.165, 1.54) is 12.8 Å². The van der Waals surface area contributed by atoms with Crippen molar-refractivity contribution in [3.05, 3.63) is 23.7 Å². The van der Waals surface area contributed by atoms with Crippen LogP contribution in [0.3, 0.4) is 0 Å². The van der Waals surface area contributed by atoms with Crippen LogP contribution in [0.1, 0.15) is 38.2 Å². The lowest BCUT2D eigenvalue weighted by Crippen LogP contribution is -2.47. The molecule has 106 valence electrons. The van der Waals surface area contributed by atoms with Gasteiger partial charge in [0.25, 0.3) is 0 Å². The fourth-order valence-corrected chi connectivity index (χ4v) is 2.60. The van der Waals surface area contributed by atoms with Crippen LogP contribution >= 0.6 is 0 Å². The highest BCUT2D eigenvalue weighted by Gasteiger charge is 2.27. The van der Waals surface area contributed by atoms with Crippen LogP contribution in [0.15, 0.2) is 16.5 Å². The zero-order chi connectivity index (χ0) is 13.3. The topological polar surface area (TPSA) is 37.6 Å². The minimum absolute atomic E-state index is 0.0405. The second-order valence-electron chi connectivity index (χ2n) is 6.34. The van der Waals surface area contributed by atoms with Crippen LogP contribution in [0.2, 0.25) is 0 Å². The fourth-order valence-electron chi connectivity index (χ4n) is 2.60. The van der Waals surface area contributed by atoms with Gasteiger partial charge in [0, 0.05) is 19.1 Å². The van der Waals surface area contributed by atoms with Gasteiger partial charge in [-0.15, -0.1) is 0 Å². The maximum absolute atomic E-state index is 5.89. The monoisotopic (exact) mass is 264 g/mol. The van der Waals surface area contributed by atoms with Gasteiger partial charge in [-0.1, -0.05) is 0 Å². The number of furan rings is 1. The zero-order valence-corrected chi connectivity index (χ0v) is 11.9. The summed E-state index contributed by atoms with van der Waals surface area (Å²) in [5, 5.41) is 3.48. The molecule has 2 heterocycles. The summed E-state index contributed by atoms with van der Waals surface area (Å²) in [6, 6.07) is 4.93. The van der Waals surface area contributed by atoms with Crippen molar-refractivity contribution in [2.75, 3.05) is 19.7 Å². The van der Waals surface area contributed by atoms with E-state index in [1.807, 2.05) is 0 Å². The summed E-state index contributed by atoms with van der Waals surface area (Å²) in [7, 11) is 0. The molecule has 0 aromatic carbocycles. The standard InChI is InChI=1S/C15H24N2O2/c1-15(2)11-17(7-8-18-15)10-14-6-5-13(19-14)9-16-12-3-4-12/h5-6,12,16H,3-4,7-11H2,1-2H3. The number of hydrogen-bond donors (Lipinski definition) is 1. The largest absolute Gasteiger partial charge is 0.463 e. The lowest BCUT2D eigenvalue weighted by molar-refractivity contribution is -0.0894. The van der Waals surface area contributed by atoms with Crippen molar-refractivity contribution in [1.82, 2.24) is 10.2 Å². The van der Waals surface area contributed by atoms with Gasteiger partial charge in [0.05, 0.1) is 25.3 Å². The number of rotatable bonds is 5. The molecule has 4 heteroatoms. The van der Waals surface area contributed by atoms with Crippen LogP contribution in [0, 0.1) is 0 Å². The van der Waals surface area contributed by atoms with Crippen molar-refractivity contribution in [2.24, 2.45) is 0 Å². The van der Waals surface area contributed by atoms with Crippen molar-refractivity contribution in [3.63, 3.8) is 0 Å². The van der Waals surface area contributed by atoms with E-state index in [-0.39, 0.29) is 5.60 Å². The molecule has 1 N–H and O–H groups in total. The molecule has 1 saturated carbocycles. The molecule has 1 aromatic rings. The Morgan fingerprint density at radius 1 is 1.32 bits per heavy atom. The smallest absolute Gasteiger partial charge is 0.118 e. The summed E-state index contributed by atoms with van der Waals surface area (Å²) in [5.74, 6) is 2.11. The third kappa shape index (κ3) is 3.81. The number of morpholine rings is 1. The Morgan fingerprint density at radius 2 is 2.11 bits per heavy atom. The molecule has 1 aliphatic heterocycles. The fraction of sp³-hybridized carbons (Fsp3) is 0.733. The lowest BCUT2D eigenvalue weighted by atomic mass is 10.1. The summed E-state index contributed by atoms with van der Waals surface area (Å²) in [5.41, 5.74) is -0.0405. The highest BCUT2D eigenvalue weighted by atomic mass is 16.5. The molecule has 1 aliphatic carbocycles. The minimum Gasteiger partial charge on any atom is -0.463 e. The molecular weight excluding hydrogens is 240 g/mol. The molecule has 2 aliphatic rings. The maximum atomic E-state index is 5.89. The number of hydrogen-bond acceptors (Lipinski definition) is 4. The predicted molar refractivity (Wildman–Crippen MR) is 73.9 cm³/mol. The van der Waals surface area contributed by atoms with E-state index in [0.29, 0.717) is 0 Å². The number of ether oxygens (including phenoxy) is 1. The Morgan fingerprint density at radius 3 is 2.84 bits per heavy atom. The SMILES string of the molecule is CC1(C)CN(Cc2ccc(CNC3CC3)o2)CCO1. The van der Waals surface area contributed by atoms with Gasteiger partial charge in [-0.05, 0) is 38.8 Å². The first-order chi connectivity index (χ1) is 9.11. The van der Waals surface area contributed by atoms with Crippen LogP contribution in [0.25, 0.3) is 0 Å². The average molecular weight is 264 g/mol. The van der Waals surface area contributed by atoms with Crippen LogP contribution in [0.5, 0.6) is 0 Å². The van der Waals surface area contributed by atoms with Crippen molar-refractivity contribution in [3.8, 4) is 0 Å². The summed E-state index contributed by atoms with van der Waals surface area (Å²) >= 11 is 0. The second kappa shape index (κ2) is 5.27. The highest BCUT2D eigenvalue weighted by molar-refractivity contribution is 5.07. The van der Waals surface area contributed by atoms with Gasteiger partial charge >= 0.3 is 0 Å². The van der Waals surface area contributed by atoms with Gasteiger partial charge in [-0.2, -0.15) is 0 Å². The summed E-state index contributed by atoms with van der Waals surface area (Å²) in [4.78, 5) is 2.40. The van der Waals surface area contributed by atoms with Crippen molar-refractivity contribution >= 4 is 0 Å². The van der Waals surface area contributed by atoms with Crippen molar-refractivity contribution < 1.29 is 9.15 Å². The maximum Gasteiger partial charge on any atom is 0.118 e. The van der Waals surface area contributed by atoms with Gasteiger partial charge in [0.1, 0.15) is 11.5 Å². The zero-order valence-electron chi connectivity index (χ0n) is 11.9. The van der Waals surface area contributed by atoms with Crippen LogP contribution in [0.4, 0.5) is 0 Å². The molecule has 1 saturated heterocycles. The molecule has 19 heavy (non-hydrogen) atoms. The Balaban J connectivity index is 1.51. The Hall–Kier alpha value is -0.840. The molecule has 3 rings (SSSR count). The molecule has 2 fully saturated rings. The van der Waals surface area contributed by atoms with Gasteiger partial charge in [-0.25, -0.2) is 0 Å². The van der Waals surface area contributed by atoms with Gasteiger partial charge in [0.2, 0.25) is 0 Å². The van der Waals surface area contributed by atoms with Crippen molar-refractivity contribution in [1.29, 1.82) is 0 Å². The summed E-state index contributed by atoms with van der Waals surface area (Å²) in [6.45, 7) is 8.79. The highest BCUT2D eigenvalue weighted by Crippen LogP contribution is 2.21. The molecule has 1 aromatic heterocycles. The van der Waals surface area contributed by atoms with Gasteiger partial charge in [-0.3, -0.25) is 4.90 Å². The third-order valence-electron chi connectivity index (χ3n) is 3.74. The molecule has 0 atom stereocenters. The first kappa shape index (κ1) is 13.2. The van der Waals surface area contributed by atoms with E-state index in [9.17, 15) is 0 Å². The number of nitrogens with one attached hydrogen (secondary N) is 1. The van der Waals surface area contributed by atoms with Crippen molar-refractivity contribution in [2.45, 2.75) is 51.4 Å². The van der Waals surface area contributed by atoms with E-state index in [1.54, 1.807) is 0 Å². The van der Waals surface area contributed by atoms with E-state index >= 15 is 0 Å². The summed E-state index contributed by atoms with van der Waals surface area (Å²) in [6.07, 6.45) is 2.63. The number of nitrogens with zero attached hydrogens (tertiary/aromatic N) is 1. The average Bonchev–Trinajstić information content (AvgIpc) is 3.06. The van der Waals surface area contributed by atoms with Gasteiger partial charge in [0.15, 0.2) is 0 Å². The Kier molecular flexibility index (Phi) is 3.65. The molecule has 0 unspecified atom stereocenters. The van der Waals surface area contributed by atoms with E-state index < -0.39 is 0 Å². The third-order valence-corrected chi connectivity index (χ3v) is 3.74. The molecular formula is C15H24N2O2. The predicted octanol–water partition coefficient (Wildman–Crippen LogP) is 2.14. The molecule has 0 amide bonds. The van der Waals surface area contributed by atoms with Crippen LogP contribution in [-0.4, -0.2) is 36.2 Å². The van der Waals surface area contributed by atoms with E-state index in [0.717, 1.165) is 50.3 Å². The van der Waals surface area contributed by atoms with Crippen LogP contribution < -0.4 is 5.32 Å². The van der Waals surface area contributed by atoms with E-state index in [2.05, 4.69) is 36.2 Å². The van der Waals surface area contributed by atoms with E-state index in [4.69, 9.17) is 9.15 Å². The van der Waals surface area contributed by atoms with Crippen LogP contribution in [-0.2, 0) is 17.8 Å². The molecule has 0 radical (unpaired) electrons. The minimum atomic E-state index is -0.0405. The normalized spacial score (nSPS) is 23.7. The molecule has 0 spiro atoms. The van der Waals surface area contributed by atoms with Gasteiger partial charge < -0.3 is 14.5 Å². The Bertz CT molecular complexity index is 424. The Labute approximate surface area is 115 Å². The first-order valence-electron chi connectivity index (χ1n) is 7.28. The summed E-state index contributed by atoms with van der Waals surface area (Å²) < 4.78 is 11.6. The molecule has 4 nitrogen and oxygen atoms in total. The quantitative estimate of drug-likeness (QED) is 0.884. The second-order valence-corrected chi connectivity index (χ2v) is 6.34. The molecule has 0 bridgehead atoms. The lowest BCUT2D eigenvalue weighted by Gasteiger charge is -2.37.